The summed E-state index contributed by atoms with van der Waals surface area (Å²) < 4.78 is 47.4. The van der Waals surface area contributed by atoms with Crippen molar-refractivity contribution in [2.75, 3.05) is 25.9 Å². The van der Waals surface area contributed by atoms with Crippen molar-refractivity contribution >= 4 is 26.0 Å². The molecule has 0 aromatic heterocycles. The van der Waals surface area contributed by atoms with Crippen LogP contribution in [0, 0.1) is 5.92 Å². The monoisotopic (exact) mass is 391 g/mol. The molecule has 0 bridgehead atoms. The van der Waals surface area contributed by atoms with Crippen LogP contribution in [0.2, 0.25) is 0 Å². The van der Waals surface area contributed by atoms with Gasteiger partial charge in [-0.1, -0.05) is 26.0 Å². The van der Waals surface area contributed by atoms with Gasteiger partial charge in [-0.15, -0.1) is 0 Å². The third-order valence-corrected chi connectivity index (χ3v) is 5.79. The fourth-order valence-electron chi connectivity index (χ4n) is 2.05. The first-order valence-corrected chi connectivity index (χ1v) is 11.2. The number of primary sulfonamides is 1. The van der Waals surface area contributed by atoms with E-state index in [1.54, 1.807) is 26.0 Å². The summed E-state index contributed by atoms with van der Waals surface area (Å²) in [7, 11) is -7.17. The van der Waals surface area contributed by atoms with Crippen LogP contribution in [0.1, 0.15) is 19.4 Å². The van der Waals surface area contributed by atoms with Gasteiger partial charge in [0, 0.05) is 25.6 Å². The van der Waals surface area contributed by atoms with Gasteiger partial charge in [-0.05, 0) is 24.1 Å². The zero-order valence-electron chi connectivity index (χ0n) is 14.6. The van der Waals surface area contributed by atoms with Crippen molar-refractivity contribution in [3.63, 3.8) is 0 Å². The Morgan fingerprint density at radius 1 is 1.12 bits per heavy atom. The molecule has 0 aliphatic carbocycles. The van der Waals surface area contributed by atoms with Gasteiger partial charge >= 0.3 is 0 Å². The Hall–Kier alpha value is -1.49. The van der Waals surface area contributed by atoms with E-state index < -0.39 is 20.0 Å². The molecule has 1 amide bonds. The number of amides is 1. The first kappa shape index (κ1) is 21.6. The van der Waals surface area contributed by atoms with Crippen molar-refractivity contribution in [2.45, 2.75) is 25.2 Å². The molecule has 0 spiro atoms. The van der Waals surface area contributed by atoms with Crippen molar-refractivity contribution in [3.05, 3.63) is 29.8 Å². The lowest BCUT2D eigenvalue weighted by atomic mass is 10.1. The summed E-state index contributed by atoms with van der Waals surface area (Å²) in [5, 5.41) is 7.72. The van der Waals surface area contributed by atoms with Gasteiger partial charge in [0.2, 0.25) is 26.0 Å². The Kier molecular flexibility index (Phi) is 7.54. The Balaban J connectivity index is 2.66. The number of hydrogen-bond acceptors (Lipinski definition) is 5. The van der Waals surface area contributed by atoms with Gasteiger partial charge in [0.05, 0.1) is 11.2 Å². The molecule has 0 radical (unpaired) electrons. The van der Waals surface area contributed by atoms with Crippen LogP contribution in [0.4, 0.5) is 0 Å². The maximum Gasteiger partial charge on any atom is 0.238 e. The van der Waals surface area contributed by atoms with Crippen molar-refractivity contribution in [2.24, 2.45) is 11.1 Å². The van der Waals surface area contributed by atoms with Crippen LogP contribution < -0.4 is 10.5 Å². The lowest BCUT2D eigenvalue weighted by Crippen LogP contribution is -2.40. The molecule has 8 nitrogen and oxygen atoms in total. The molecule has 0 fully saturated rings. The van der Waals surface area contributed by atoms with Crippen LogP contribution in [-0.4, -0.2) is 52.9 Å². The maximum atomic E-state index is 11.9. The summed E-state index contributed by atoms with van der Waals surface area (Å²) in [5.74, 6) is -0.295. The molecule has 0 aliphatic rings. The fourth-order valence-corrected chi connectivity index (χ4v) is 3.41. The molecule has 0 unspecified atom stereocenters. The fraction of sp³-hybridized carbons (Fsp3) is 0.533. The lowest BCUT2D eigenvalue weighted by molar-refractivity contribution is -0.123. The standard InChI is InChI=1S/C15H25N3O5S2/c1-12(2)15(19)17-9-11-18(24(3,20)21)10-8-13-4-6-14(7-5-13)25(16,22)23/h4-7,12H,8-11H2,1-3H3,(H,17,19)(H2,16,22,23). The second-order valence-electron chi connectivity index (χ2n) is 6.05. The van der Waals surface area contributed by atoms with Gasteiger partial charge in [0.15, 0.2) is 0 Å². The van der Waals surface area contributed by atoms with E-state index in [2.05, 4.69) is 5.32 Å². The van der Waals surface area contributed by atoms with E-state index in [9.17, 15) is 21.6 Å². The third-order valence-electron chi connectivity index (χ3n) is 3.56. The summed E-state index contributed by atoms with van der Waals surface area (Å²) in [6.45, 7) is 4.15. The quantitative estimate of drug-likeness (QED) is 0.608. The second kappa shape index (κ2) is 8.75. The largest absolute Gasteiger partial charge is 0.355 e. The number of nitrogens with two attached hydrogens (primary N) is 1. The molecule has 1 aromatic carbocycles. The number of carbonyl (C=O) groups excluding carboxylic acids is 1. The van der Waals surface area contributed by atoms with E-state index in [0.717, 1.165) is 11.8 Å². The Bertz CT molecular complexity index is 787. The van der Waals surface area contributed by atoms with E-state index in [4.69, 9.17) is 5.14 Å². The molecule has 25 heavy (non-hydrogen) atoms. The molecule has 0 saturated heterocycles. The molecule has 0 aliphatic heterocycles. The highest BCUT2D eigenvalue weighted by Crippen LogP contribution is 2.10. The van der Waals surface area contributed by atoms with Gasteiger partial charge in [0.1, 0.15) is 0 Å². The molecular weight excluding hydrogens is 366 g/mol. The number of sulfonamides is 2. The maximum absolute atomic E-state index is 11.9. The molecule has 3 N–H and O–H groups in total. The average molecular weight is 392 g/mol. The highest BCUT2D eigenvalue weighted by Gasteiger charge is 2.17. The number of nitrogens with zero attached hydrogens (tertiary/aromatic N) is 1. The highest BCUT2D eigenvalue weighted by molar-refractivity contribution is 7.89. The summed E-state index contributed by atoms with van der Waals surface area (Å²) in [6, 6.07) is 5.97. The number of nitrogens with one attached hydrogen (secondary N) is 1. The lowest BCUT2D eigenvalue weighted by Gasteiger charge is -2.20. The van der Waals surface area contributed by atoms with Crippen LogP contribution in [0.15, 0.2) is 29.2 Å². The average Bonchev–Trinajstić information content (AvgIpc) is 2.48. The molecule has 0 saturated carbocycles. The second-order valence-corrected chi connectivity index (χ2v) is 9.59. The van der Waals surface area contributed by atoms with E-state index >= 15 is 0 Å². The molecule has 142 valence electrons. The first-order valence-electron chi connectivity index (χ1n) is 7.76. The van der Waals surface area contributed by atoms with Gasteiger partial charge < -0.3 is 5.32 Å². The minimum absolute atomic E-state index is 0.00705. The zero-order chi connectivity index (χ0) is 19.3. The van der Waals surface area contributed by atoms with Crippen LogP contribution in [-0.2, 0) is 31.3 Å². The minimum atomic E-state index is -3.75. The summed E-state index contributed by atoms with van der Waals surface area (Å²) >= 11 is 0. The molecule has 0 atom stereocenters. The summed E-state index contributed by atoms with van der Waals surface area (Å²) in [6.07, 6.45) is 1.53. The predicted octanol–water partition coefficient (Wildman–Crippen LogP) is -0.0897. The molecule has 0 heterocycles. The van der Waals surface area contributed by atoms with Gasteiger partial charge in [-0.25, -0.2) is 26.3 Å². The van der Waals surface area contributed by atoms with Crippen molar-refractivity contribution in [3.8, 4) is 0 Å². The third kappa shape index (κ3) is 7.51. The summed E-state index contributed by atoms with van der Waals surface area (Å²) in [4.78, 5) is 11.5. The van der Waals surface area contributed by atoms with Crippen LogP contribution in [0.3, 0.4) is 0 Å². The molecule has 1 aromatic rings. The van der Waals surface area contributed by atoms with Gasteiger partial charge in [0.25, 0.3) is 0 Å². The zero-order valence-corrected chi connectivity index (χ0v) is 16.2. The number of carbonyl (C=O) groups is 1. The topological polar surface area (TPSA) is 127 Å². The van der Waals surface area contributed by atoms with E-state index in [0.29, 0.717) is 6.42 Å². The Morgan fingerprint density at radius 3 is 2.12 bits per heavy atom. The highest BCUT2D eigenvalue weighted by atomic mass is 32.2. The molecule has 1 rings (SSSR count). The molecular formula is C15H25N3O5S2. The van der Waals surface area contributed by atoms with E-state index in [1.807, 2.05) is 0 Å². The van der Waals surface area contributed by atoms with Crippen molar-refractivity contribution < 1.29 is 21.6 Å². The Morgan fingerprint density at radius 2 is 1.68 bits per heavy atom. The number of rotatable bonds is 9. The number of benzene rings is 1. The smallest absolute Gasteiger partial charge is 0.238 e. The Labute approximate surface area is 149 Å². The minimum Gasteiger partial charge on any atom is -0.355 e. The predicted molar refractivity (Wildman–Crippen MR) is 95.8 cm³/mol. The van der Waals surface area contributed by atoms with E-state index in [-0.39, 0.29) is 36.4 Å². The number of hydrogen-bond donors (Lipinski definition) is 2. The first-order chi connectivity index (χ1) is 11.4. The van der Waals surface area contributed by atoms with Crippen molar-refractivity contribution in [1.29, 1.82) is 0 Å². The summed E-state index contributed by atoms with van der Waals surface area (Å²) in [5.41, 5.74) is 0.785. The SMILES string of the molecule is CC(C)C(=O)NCCN(CCc1ccc(S(N)(=O)=O)cc1)S(C)(=O)=O. The van der Waals surface area contributed by atoms with Crippen LogP contribution in [0.25, 0.3) is 0 Å². The van der Waals surface area contributed by atoms with Crippen molar-refractivity contribution in [1.82, 2.24) is 9.62 Å². The van der Waals surface area contributed by atoms with Gasteiger partial charge in [-0.3, -0.25) is 4.79 Å². The van der Waals surface area contributed by atoms with E-state index in [1.165, 1.54) is 16.4 Å². The normalized spacial score (nSPS) is 12.6. The van der Waals surface area contributed by atoms with Gasteiger partial charge in [-0.2, -0.15) is 0 Å². The van der Waals surface area contributed by atoms with Crippen LogP contribution >= 0.6 is 0 Å². The molecule has 10 heteroatoms. The van der Waals surface area contributed by atoms with Crippen LogP contribution in [0.5, 0.6) is 0 Å².